The molecule has 1 aromatic heterocycles. The van der Waals surface area contributed by atoms with E-state index in [2.05, 4.69) is 15.5 Å². The van der Waals surface area contributed by atoms with E-state index in [0.717, 1.165) is 0 Å². The molecular formula is C13H15N3O4S. The lowest BCUT2D eigenvalue weighted by Crippen LogP contribution is -2.23. The van der Waals surface area contributed by atoms with Gasteiger partial charge in [-0.3, -0.25) is 4.79 Å². The first kappa shape index (κ1) is 15.2. The summed E-state index contributed by atoms with van der Waals surface area (Å²) >= 11 is 0. The molecule has 0 fully saturated rings. The van der Waals surface area contributed by atoms with Gasteiger partial charge in [-0.25, -0.2) is 8.42 Å². The molecule has 7 nitrogen and oxygen atoms in total. The molecule has 0 saturated heterocycles. The minimum Gasteiger partial charge on any atom is -0.348 e. The molecule has 21 heavy (non-hydrogen) atoms. The number of rotatable bonds is 6. The zero-order chi connectivity index (χ0) is 15.3. The molecule has 1 aromatic carbocycles. The molecule has 0 atom stereocenters. The van der Waals surface area contributed by atoms with Crippen LogP contribution in [0.4, 0.5) is 0 Å². The summed E-state index contributed by atoms with van der Waals surface area (Å²) in [5.74, 6) is -0.590. The minimum absolute atomic E-state index is 0.0835. The smallest absolute Gasteiger partial charge is 0.315 e. The largest absolute Gasteiger partial charge is 0.348 e. The molecule has 8 heteroatoms. The van der Waals surface area contributed by atoms with Crippen LogP contribution in [-0.2, 0) is 16.3 Å². The van der Waals surface area contributed by atoms with Crippen molar-refractivity contribution < 1.29 is 17.7 Å². The molecule has 2 aromatic rings. The maximum Gasteiger partial charge on any atom is 0.315 e. The third kappa shape index (κ3) is 3.88. The Kier molecular flexibility index (Phi) is 4.69. The van der Waals surface area contributed by atoms with E-state index in [1.165, 1.54) is 12.1 Å². The van der Waals surface area contributed by atoms with Crippen LogP contribution in [0.25, 0.3) is 0 Å². The van der Waals surface area contributed by atoms with Crippen LogP contribution in [-0.4, -0.2) is 36.8 Å². The van der Waals surface area contributed by atoms with E-state index in [-0.39, 0.29) is 28.8 Å². The van der Waals surface area contributed by atoms with E-state index in [4.69, 9.17) is 4.52 Å². The lowest BCUT2D eigenvalue weighted by molar-refractivity contribution is 0.0912. The van der Waals surface area contributed by atoms with Gasteiger partial charge in [0.15, 0.2) is 15.7 Å². The normalized spacial score (nSPS) is 11.3. The van der Waals surface area contributed by atoms with Gasteiger partial charge in [0.1, 0.15) is 0 Å². The number of aryl methyl sites for hydroxylation is 1. The lowest BCUT2D eigenvalue weighted by Gasteiger charge is -2.01. The zero-order valence-electron chi connectivity index (χ0n) is 11.4. The van der Waals surface area contributed by atoms with Crippen molar-refractivity contribution in [2.24, 2.45) is 0 Å². The van der Waals surface area contributed by atoms with E-state index in [0.29, 0.717) is 6.54 Å². The molecule has 0 radical (unpaired) electrons. The predicted molar refractivity (Wildman–Crippen MR) is 74.5 cm³/mol. The number of nitrogens with zero attached hydrogens (tertiary/aromatic N) is 2. The predicted octanol–water partition coefficient (Wildman–Crippen LogP) is 0.836. The first-order valence-electron chi connectivity index (χ1n) is 6.41. The number of amides is 1. The highest BCUT2D eigenvalue weighted by Gasteiger charge is 2.18. The summed E-state index contributed by atoms with van der Waals surface area (Å²) in [6, 6.07) is 8.14. The molecule has 0 aliphatic carbocycles. The fourth-order valence-corrected chi connectivity index (χ4v) is 2.91. The van der Waals surface area contributed by atoms with Crippen molar-refractivity contribution in [2.45, 2.75) is 18.2 Å². The average Bonchev–Trinajstić information content (AvgIpc) is 2.96. The molecule has 0 aliphatic heterocycles. The molecule has 0 spiro atoms. The van der Waals surface area contributed by atoms with Crippen LogP contribution in [0.2, 0.25) is 0 Å². The Hall–Kier alpha value is -2.22. The van der Waals surface area contributed by atoms with Gasteiger partial charge in [-0.15, -0.1) is 0 Å². The Bertz CT molecular complexity index is 710. The van der Waals surface area contributed by atoms with Crippen LogP contribution in [0.15, 0.2) is 39.8 Å². The number of benzene rings is 1. The minimum atomic E-state index is -3.40. The van der Waals surface area contributed by atoms with Gasteiger partial charge in [0.05, 0.1) is 10.6 Å². The number of carbonyl (C=O) groups excluding carboxylic acids is 1. The topological polar surface area (TPSA) is 102 Å². The van der Waals surface area contributed by atoms with Gasteiger partial charge < -0.3 is 9.84 Å². The van der Waals surface area contributed by atoms with Crippen molar-refractivity contribution in [3.63, 3.8) is 0 Å². The van der Waals surface area contributed by atoms with Crippen LogP contribution in [0.1, 0.15) is 23.4 Å². The Balaban J connectivity index is 2.02. The number of sulfone groups is 1. The van der Waals surface area contributed by atoms with Gasteiger partial charge in [0.25, 0.3) is 0 Å². The number of carbonyl (C=O) groups is 1. The summed E-state index contributed by atoms with van der Waals surface area (Å²) in [4.78, 5) is 15.6. The quantitative estimate of drug-likeness (QED) is 0.848. The molecule has 0 bridgehead atoms. The molecule has 112 valence electrons. The van der Waals surface area contributed by atoms with E-state index < -0.39 is 15.7 Å². The van der Waals surface area contributed by atoms with Crippen molar-refractivity contribution in [1.82, 2.24) is 15.5 Å². The van der Waals surface area contributed by atoms with Gasteiger partial charge in [-0.05, 0) is 19.1 Å². The van der Waals surface area contributed by atoms with Gasteiger partial charge in [0, 0.05) is 13.0 Å². The summed E-state index contributed by atoms with van der Waals surface area (Å²) < 4.78 is 28.9. The van der Waals surface area contributed by atoms with Crippen molar-refractivity contribution in [3.8, 4) is 0 Å². The van der Waals surface area contributed by atoms with E-state index >= 15 is 0 Å². The van der Waals surface area contributed by atoms with Gasteiger partial charge in [-0.1, -0.05) is 23.4 Å². The van der Waals surface area contributed by atoms with Crippen molar-refractivity contribution in [3.05, 3.63) is 42.0 Å². The fourth-order valence-electron chi connectivity index (χ4n) is 1.66. The number of nitrogens with one attached hydrogen (secondary N) is 1. The zero-order valence-corrected chi connectivity index (χ0v) is 12.3. The van der Waals surface area contributed by atoms with E-state index in [1.54, 1.807) is 25.1 Å². The monoisotopic (exact) mass is 309 g/mol. The number of hydrogen-bond acceptors (Lipinski definition) is 6. The van der Waals surface area contributed by atoms with Crippen molar-refractivity contribution in [1.29, 1.82) is 0 Å². The SMILES string of the molecule is CCNC(=O)c1nc(CCS(=O)(=O)c2ccccc2)no1. The maximum absolute atomic E-state index is 12.1. The molecule has 0 unspecified atom stereocenters. The van der Waals surface area contributed by atoms with Crippen molar-refractivity contribution in [2.75, 3.05) is 12.3 Å². The summed E-state index contributed by atoms with van der Waals surface area (Å²) in [5.41, 5.74) is 0. The van der Waals surface area contributed by atoms with Crippen LogP contribution < -0.4 is 5.32 Å². The molecule has 1 N–H and O–H groups in total. The first-order valence-corrected chi connectivity index (χ1v) is 8.06. The third-order valence-electron chi connectivity index (χ3n) is 2.70. The van der Waals surface area contributed by atoms with Gasteiger partial charge >= 0.3 is 11.8 Å². The summed E-state index contributed by atoms with van der Waals surface area (Å²) in [5, 5.41) is 6.12. The van der Waals surface area contributed by atoms with Gasteiger partial charge in [0.2, 0.25) is 0 Å². The molecule has 0 aliphatic rings. The summed E-state index contributed by atoms with van der Waals surface area (Å²) in [6.07, 6.45) is 0.0835. The Labute approximate surface area is 122 Å². The maximum atomic E-state index is 12.1. The Morgan fingerprint density at radius 1 is 1.29 bits per heavy atom. The lowest BCUT2D eigenvalue weighted by atomic mass is 10.4. The molecule has 1 amide bonds. The molecule has 2 rings (SSSR count). The number of aromatic nitrogens is 2. The van der Waals surface area contributed by atoms with Crippen LogP contribution >= 0.6 is 0 Å². The average molecular weight is 309 g/mol. The van der Waals surface area contributed by atoms with Gasteiger partial charge in [-0.2, -0.15) is 4.98 Å². The van der Waals surface area contributed by atoms with Crippen LogP contribution in [0.5, 0.6) is 0 Å². The first-order chi connectivity index (χ1) is 10.0. The second kappa shape index (κ2) is 6.49. The summed E-state index contributed by atoms with van der Waals surface area (Å²) in [7, 11) is -3.40. The Morgan fingerprint density at radius 2 is 2.00 bits per heavy atom. The molecule has 0 saturated carbocycles. The fraction of sp³-hybridized carbons (Fsp3) is 0.308. The molecule has 1 heterocycles. The van der Waals surface area contributed by atoms with E-state index in [9.17, 15) is 13.2 Å². The van der Waals surface area contributed by atoms with Crippen LogP contribution in [0.3, 0.4) is 0 Å². The Morgan fingerprint density at radius 3 is 2.67 bits per heavy atom. The highest BCUT2D eigenvalue weighted by Crippen LogP contribution is 2.11. The molecular weight excluding hydrogens is 294 g/mol. The second-order valence-electron chi connectivity index (χ2n) is 4.26. The highest BCUT2D eigenvalue weighted by molar-refractivity contribution is 7.91. The highest BCUT2D eigenvalue weighted by atomic mass is 32.2. The van der Waals surface area contributed by atoms with Crippen LogP contribution in [0, 0.1) is 0 Å². The third-order valence-corrected chi connectivity index (χ3v) is 4.43. The second-order valence-corrected chi connectivity index (χ2v) is 6.37. The number of hydrogen-bond donors (Lipinski definition) is 1. The summed E-state index contributed by atoms with van der Waals surface area (Å²) in [6.45, 7) is 2.21. The van der Waals surface area contributed by atoms with Crippen molar-refractivity contribution >= 4 is 15.7 Å². The standard InChI is InChI=1S/C13H15N3O4S/c1-2-14-12(17)13-15-11(16-20-13)8-9-21(18,19)10-6-4-3-5-7-10/h3-7H,2,8-9H2,1H3,(H,14,17). The van der Waals surface area contributed by atoms with E-state index in [1.807, 2.05) is 0 Å².